The van der Waals surface area contributed by atoms with Gasteiger partial charge in [0, 0.05) is 16.2 Å². The highest BCUT2D eigenvalue weighted by molar-refractivity contribution is 6.23. The van der Waals surface area contributed by atoms with Crippen molar-refractivity contribution in [3.63, 3.8) is 0 Å². The summed E-state index contributed by atoms with van der Waals surface area (Å²) in [7, 11) is 0. The van der Waals surface area contributed by atoms with E-state index in [1.165, 1.54) is 131 Å². The molecule has 0 radical (unpaired) electrons. The second-order valence-electron chi connectivity index (χ2n) is 19.9. The summed E-state index contributed by atoms with van der Waals surface area (Å²) in [5.74, 6) is 0. The average Bonchev–Trinajstić information content (AvgIpc) is 3.90. The van der Waals surface area contributed by atoms with Gasteiger partial charge in [-0.05, 0) is 168 Å². The van der Waals surface area contributed by atoms with E-state index in [0.717, 1.165) is 21.9 Å². The van der Waals surface area contributed by atoms with E-state index in [9.17, 15) is 0 Å². The van der Waals surface area contributed by atoms with Crippen LogP contribution < -0.4 is 0 Å². The van der Waals surface area contributed by atoms with Crippen LogP contribution in [0.1, 0.15) is 25.0 Å². The Morgan fingerprint density at radius 1 is 0.271 bits per heavy atom. The van der Waals surface area contributed by atoms with Gasteiger partial charge in [0.1, 0.15) is 11.2 Å². The summed E-state index contributed by atoms with van der Waals surface area (Å²) in [6.45, 7) is 4.79. The van der Waals surface area contributed by atoms with Gasteiger partial charge in [-0.25, -0.2) is 0 Å². The molecule has 326 valence electrons. The van der Waals surface area contributed by atoms with Gasteiger partial charge in [0.05, 0.1) is 0 Å². The van der Waals surface area contributed by atoms with Gasteiger partial charge in [0.25, 0.3) is 0 Å². The Bertz CT molecular complexity index is 4490. The summed E-state index contributed by atoms with van der Waals surface area (Å²) < 4.78 is 6.61. The highest BCUT2D eigenvalue weighted by atomic mass is 16.3. The number of hydrogen-bond donors (Lipinski definition) is 0. The van der Waals surface area contributed by atoms with Crippen LogP contribution in [0.4, 0.5) is 0 Å². The predicted molar refractivity (Wildman–Crippen MR) is 298 cm³/mol. The number of benzene rings is 13. The molecule has 1 aromatic heterocycles. The molecule has 0 spiro atoms. The summed E-state index contributed by atoms with van der Waals surface area (Å²) in [6, 6.07) is 85.6. The number of hydrogen-bond acceptors (Lipinski definition) is 1. The van der Waals surface area contributed by atoms with Gasteiger partial charge in [-0.1, -0.05) is 208 Å². The zero-order valence-corrected chi connectivity index (χ0v) is 38.8. The first-order valence-electron chi connectivity index (χ1n) is 24.5. The highest BCUT2D eigenvalue weighted by Gasteiger charge is 2.38. The maximum absolute atomic E-state index is 6.61. The van der Waals surface area contributed by atoms with Crippen molar-refractivity contribution in [3.05, 3.63) is 242 Å². The third-order valence-corrected chi connectivity index (χ3v) is 15.8. The monoisotopic (exact) mass is 888 g/mol. The van der Waals surface area contributed by atoms with Crippen LogP contribution >= 0.6 is 0 Å². The van der Waals surface area contributed by atoms with Crippen molar-refractivity contribution in [1.29, 1.82) is 0 Å². The summed E-state index contributed by atoms with van der Waals surface area (Å²) in [4.78, 5) is 0. The maximum Gasteiger partial charge on any atom is 0.135 e. The van der Waals surface area contributed by atoms with Gasteiger partial charge in [0.15, 0.2) is 0 Å². The number of fused-ring (bicyclic) bond motifs is 16. The molecule has 0 unspecified atom stereocenters. The Morgan fingerprint density at radius 2 is 0.686 bits per heavy atom. The summed E-state index contributed by atoms with van der Waals surface area (Å²) in [6.07, 6.45) is 0. The van der Waals surface area contributed by atoms with Gasteiger partial charge in [0.2, 0.25) is 0 Å². The topological polar surface area (TPSA) is 13.1 Å². The first-order chi connectivity index (χ1) is 34.5. The lowest BCUT2D eigenvalue weighted by Gasteiger charge is -2.24. The minimum atomic E-state index is -0.140. The van der Waals surface area contributed by atoms with Crippen LogP contribution in [0, 0.1) is 0 Å². The quantitative estimate of drug-likeness (QED) is 0.127. The van der Waals surface area contributed by atoms with Crippen molar-refractivity contribution in [2.45, 2.75) is 19.3 Å². The molecule has 1 heterocycles. The lowest BCUT2D eigenvalue weighted by molar-refractivity contribution is 0.666. The van der Waals surface area contributed by atoms with Crippen LogP contribution in [-0.4, -0.2) is 0 Å². The molecule has 0 atom stereocenters. The van der Waals surface area contributed by atoms with Crippen LogP contribution in [0.25, 0.3) is 142 Å². The standard InChI is InChI=1S/C69H44O/c1-69(2)62-34-31-43(38-61(62)67-52-21-9-7-18-49(52)50-19-8-14-26-57(50)68(67)69)44-32-35-63-59(37-44)60-40-46(33-36-64(60)70-63)66-55-24-12-10-22-53(55)65(54-23-11-13-25-56(54)66)42-29-27-41(28-30-42)58-39-45-15-3-4-16-47(45)48-17-5-6-20-51(48)58/h3-40H,1-2H3. The third-order valence-electron chi connectivity index (χ3n) is 15.8. The second-order valence-corrected chi connectivity index (χ2v) is 19.9. The van der Waals surface area contributed by atoms with E-state index in [-0.39, 0.29) is 5.41 Å². The summed E-state index contributed by atoms with van der Waals surface area (Å²) in [5.41, 5.74) is 16.9. The van der Waals surface area contributed by atoms with Crippen molar-refractivity contribution in [2.24, 2.45) is 0 Å². The highest BCUT2D eigenvalue weighted by Crippen LogP contribution is 2.55. The Balaban J connectivity index is 0.864. The molecule has 1 aliphatic carbocycles. The Labute approximate surface area is 405 Å². The van der Waals surface area contributed by atoms with Crippen LogP contribution in [0.3, 0.4) is 0 Å². The molecule has 70 heavy (non-hydrogen) atoms. The lowest BCUT2D eigenvalue weighted by Crippen LogP contribution is -2.15. The van der Waals surface area contributed by atoms with E-state index >= 15 is 0 Å². The van der Waals surface area contributed by atoms with Gasteiger partial charge in [-0.15, -0.1) is 0 Å². The molecule has 1 heteroatoms. The van der Waals surface area contributed by atoms with E-state index in [1.807, 2.05) is 0 Å². The average molecular weight is 889 g/mol. The molecular formula is C69H44O. The van der Waals surface area contributed by atoms with Crippen LogP contribution in [0.5, 0.6) is 0 Å². The first kappa shape index (κ1) is 39.2. The Morgan fingerprint density at radius 3 is 1.31 bits per heavy atom. The molecule has 13 aromatic carbocycles. The molecule has 15 rings (SSSR count). The SMILES string of the molecule is CC1(C)c2ccc(-c3ccc4oc5ccc(-c6c7ccccc7c(-c7ccc(-c8cc9ccccc9c9ccccc89)cc7)c7ccccc67)cc5c4c3)cc2-c2c1c1ccccc1c1ccccc21. The van der Waals surface area contributed by atoms with E-state index in [0.29, 0.717) is 0 Å². The van der Waals surface area contributed by atoms with Crippen molar-refractivity contribution < 1.29 is 4.42 Å². The van der Waals surface area contributed by atoms with Crippen LogP contribution in [0.2, 0.25) is 0 Å². The van der Waals surface area contributed by atoms with Gasteiger partial charge in [-0.3, -0.25) is 0 Å². The smallest absolute Gasteiger partial charge is 0.135 e. The minimum absolute atomic E-state index is 0.140. The fraction of sp³-hybridized carbons (Fsp3) is 0.0435. The number of furan rings is 1. The Kier molecular flexibility index (Phi) is 8.19. The van der Waals surface area contributed by atoms with Crippen molar-refractivity contribution >= 4 is 86.6 Å². The number of rotatable bonds is 4. The molecule has 0 N–H and O–H groups in total. The van der Waals surface area contributed by atoms with E-state index in [1.54, 1.807) is 0 Å². The van der Waals surface area contributed by atoms with Gasteiger partial charge >= 0.3 is 0 Å². The van der Waals surface area contributed by atoms with Crippen LogP contribution in [-0.2, 0) is 5.41 Å². The fourth-order valence-electron chi connectivity index (χ4n) is 12.7. The molecule has 0 saturated carbocycles. The van der Waals surface area contributed by atoms with Crippen molar-refractivity contribution in [1.82, 2.24) is 0 Å². The molecule has 0 bridgehead atoms. The molecule has 0 aliphatic heterocycles. The molecule has 0 saturated heterocycles. The van der Waals surface area contributed by atoms with Gasteiger partial charge in [-0.2, -0.15) is 0 Å². The third kappa shape index (κ3) is 5.55. The lowest BCUT2D eigenvalue weighted by atomic mass is 9.79. The molecule has 0 amide bonds. The molecule has 14 aromatic rings. The second kappa shape index (κ2) is 14.6. The first-order valence-corrected chi connectivity index (χ1v) is 24.5. The van der Waals surface area contributed by atoms with E-state index in [4.69, 9.17) is 4.42 Å². The molecular weight excluding hydrogens is 845 g/mol. The van der Waals surface area contributed by atoms with Gasteiger partial charge < -0.3 is 4.42 Å². The normalized spacial score (nSPS) is 13.1. The minimum Gasteiger partial charge on any atom is -0.456 e. The van der Waals surface area contributed by atoms with Crippen molar-refractivity contribution in [2.75, 3.05) is 0 Å². The largest absolute Gasteiger partial charge is 0.456 e. The predicted octanol–water partition coefficient (Wildman–Crippen LogP) is 19.5. The molecule has 0 fully saturated rings. The summed E-state index contributed by atoms with van der Waals surface area (Å²) in [5, 5.41) is 17.6. The van der Waals surface area contributed by atoms with Crippen LogP contribution in [0.15, 0.2) is 235 Å². The maximum atomic E-state index is 6.61. The zero-order valence-electron chi connectivity index (χ0n) is 38.8. The molecule has 1 nitrogen and oxygen atoms in total. The summed E-state index contributed by atoms with van der Waals surface area (Å²) >= 11 is 0. The molecule has 1 aliphatic rings. The van der Waals surface area contributed by atoms with E-state index in [2.05, 4.69) is 244 Å². The van der Waals surface area contributed by atoms with E-state index < -0.39 is 0 Å². The zero-order chi connectivity index (χ0) is 46.2. The fourth-order valence-corrected chi connectivity index (χ4v) is 12.7. The van der Waals surface area contributed by atoms with Crippen molar-refractivity contribution in [3.8, 4) is 55.6 Å². The Hall–Kier alpha value is -8.78.